The highest BCUT2D eigenvalue weighted by atomic mass is 16.2. The van der Waals surface area contributed by atoms with E-state index in [0.717, 1.165) is 11.4 Å². The van der Waals surface area contributed by atoms with Gasteiger partial charge >= 0.3 is 0 Å². The molecule has 28 heavy (non-hydrogen) atoms. The molecule has 0 radical (unpaired) electrons. The summed E-state index contributed by atoms with van der Waals surface area (Å²) >= 11 is 0. The maximum atomic E-state index is 12.7. The van der Waals surface area contributed by atoms with Gasteiger partial charge in [-0.25, -0.2) is 4.98 Å². The molecule has 3 rings (SSSR count). The number of amides is 2. The fraction of sp³-hybridized carbons (Fsp3) is 0.227. The molecule has 0 aliphatic carbocycles. The van der Waals surface area contributed by atoms with E-state index in [1.165, 1.54) is 0 Å². The fourth-order valence-electron chi connectivity index (χ4n) is 3.04. The first-order valence-electron chi connectivity index (χ1n) is 9.22. The Morgan fingerprint density at radius 2 is 1.64 bits per heavy atom. The highest BCUT2D eigenvalue weighted by Crippen LogP contribution is 2.20. The Balaban J connectivity index is 1.65. The summed E-state index contributed by atoms with van der Waals surface area (Å²) in [5.74, 6) is 0.405. The molecule has 0 saturated heterocycles. The number of aromatic nitrogens is 2. The number of rotatable bonds is 7. The summed E-state index contributed by atoms with van der Waals surface area (Å²) in [5.41, 5.74) is 1.52. The number of hydrogen-bond acceptors (Lipinski definition) is 3. The molecule has 6 nitrogen and oxygen atoms in total. The lowest BCUT2D eigenvalue weighted by atomic mass is 10.1. The van der Waals surface area contributed by atoms with Crippen molar-refractivity contribution in [2.45, 2.75) is 25.4 Å². The number of benzene rings is 2. The van der Waals surface area contributed by atoms with Crippen LogP contribution in [-0.4, -0.2) is 27.4 Å². The molecule has 0 fully saturated rings. The molecule has 2 amide bonds. The molecule has 2 N–H and O–H groups in total. The van der Waals surface area contributed by atoms with Gasteiger partial charge in [0.15, 0.2) is 0 Å². The second kappa shape index (κ2) is 8.99. The lowest BCUT2D eigenvalue weighted by molar-refractivity contribution is -0.122. The van der Waals surface area contributed by atoms with E-state index in [1.807, 2.05) is 73.3 Å². The molecule has 3 aromatic rings. The van der Waals surface area contributed by atoms with Crippen LogP contribution in [0.3, 0.4) is 0 Å². The van der Waals surface area contributed by atoms with Crippen molar-refractivity contribution in [2.75, 3.05) is 0 Å². The second-order valence-corrected chi connectivity index (χ2v) is 6.75. The van der Waals surface area contributed by atoms with Crippen LogP contribution in [0, 0.1) is 0 Å². The molecule has 0 aliphatic rings. The van der Waals surface area contributed by atoms with Crippen molar-refractivity contribution >= 4 is 11.8 Å². The van der Waals surface area contributed by atoms with Crippen molar-refractivity contribution in [3.8, 4) is 0 Å². The topological polar surface area (TPSA) is 76.0 Å². The van der Waals surface area contributed by atoms with E-state index in [9.17, 15) is 9.59 Å². The maximum absolute atomic E-state index is 12.7. The summed E-state index contributed by atoms with van der Waals surface area (Å²) in [6, 6.07) is 18.0. The molecule has 144 valence electrons. The minimum absolute atomic E-state index is 0.155. The Morgan fingerprint density at radius 3 is 2.25 bits per heavy atom. The first-order valence-corrected chi connectivity index (χ1v) is 9.22. The number of carbonyl (C=O) groups is 2. The number of hydrogen-bond donors (Lipinski definition) is 2. The fourth-order valence-corrected chi connectivity index (χ4v) is 3.04. The zero-order valence-electron chi connectivity index (χ0n) is 16.0. The van der Waals surface area contributed by atoms with Gasteiger partial charge in [-0.05, 0) is 24.6 Å². The van der Waals surface area contributed by atoms with Gasteiger partial charge in [-0.15, -0.1) is 0 Å². The molecule has 2 aromatic carbocycles. The maximum Gasteiger partial charge on any atom is 0.251 e. The van der Waals surface area contributed by atoms with Crippen LogP contribution in [0.1, 0.15) is 41.1 Å². The highest BCUT2D eigenvalue weighted by Gasteiger charge is 2.22. The predicted molar refractivity (Wildman–Crippen MR) is 108 cm³/mol. The average Bonchev–Trinajstić information content (AvgIpc) is 3.13. The largest absolute Gasteiger partial charge is 0.349 e. The van der Waals surface area contributed by atoms with E-state index < -0.39 is 0 Å². The van der Waals surface area contributed by atoms with Crippen molar-refractivity contribution in [1.29, 1.82) is 0 Å². The summed E-state index contributed by atoms with van der Waals surface area (Å²) in [6.07, 6.45) is 3.73. The van der Waals surface area contributed by atoms with Crippen LogP contribution in [0.2, 0.25) is 0 Å². The summed E-state index contributed by atoms with van der Waals surface area (Å²) in [4.78, 5) is 29.3. The molecule has 0 bridgehead atoms. The number of nitrogens with zero attached hydrogens (tertiary/aromatic N) is 2. The van der Waals surface area contributed by atoms with E-state index in [4.69, 9.17) is 0 Å². The van der Waals surface area contributed by atoms with Crippen molar-refractivity contribution < 1.29 is 9.59 Å². The third-order valence-corrected chi connectivity index (χ3v) is 4.46. The van der Waals surface area contributed by atoms with Gasteiger partial charge in [-0.2, -0.15) is 0 Å². The number of aryl methyl sites for hydroxylation is 1. The van der Waals surface area contributed by atoms with Gasteiger partial charge in [0, 0.05) is 37.5 Å². The van der Waals surface area contributed by atoms with Crippen molar-refractivity contribution in [3.63, 3.8) is 0 Å². The van der Waals surface area contributed by atoms with Crippen molar-refractivity contribution in [3.05, 3.63) is 90.0 Å². The van der Waals surface area contributed by atoms with E-state index >= 15 is 0 Å². The molecule has 1 heterocycles. The normalized spacial score (nSPS) is 12.8. The number of imidazole rings is 1. The van der Waals surface area contributed by atoms with Crippen molar-refractivity contribution in [2.24, 2.45) is 7.05 Å². The van der Waals surface area contributed by atoms with Gasteiger partial charge < -0.3 is 15.2 Å². The smallest absolute Gasteiger partial charge is 0.251 e. The van der Waals surface area contributed by atoms with E-state index in [2.05, 4.69) is 15.6 Å². The van der Waals surface area contributed by atoms with Gasteiger partial charge in [0.1, 0.15) is 11.9 Å². The standard InChI is InChI=1S/C22H24N4O2/c1-16(24-22(28)18-11-7-4-8-12-18)15-19(27)25-20(17-9-5-3-6-10-17)21-23-13-14-26(21)2/h3-14,16,20H,15H2,1-2H3,(H,24,28)(H,25,27)/t16-,20+/m1/s1. The van der Waals surface area contributed by atoms with E-state index in [1.54, 1.807) is 18.3 Å². The third-order valence-electron chi connectivity index (χ3n) is 4.46. The molecular formula is C22H24N4O2. The van der Waals surface area contributed by atoms with Gasteiger partial charge in [0.25, 0.3) is 5.91 Å². The Labute approximate surface area is 164 Å². The molecule has 0 aliphatic heterocycles. The van der Waals surface area contributed by atoms with Gasteiger partial charge in [-0.3, -0.25) is 9.59 Å². The molecule has 0 unspecified atom stereocenters. The van der Waals surface area contributed by atoms with Gasteiger partial charge in [0.2, 0.25) is 5.91 Å². The van der Waals surface area contributed by atoms with Crippen LogP contribution in [0.5, 0.6) is 0 Å². The third kappa shape index (κ3) is 4.85. The summed E-state index contributed by atoms with van der Waals surface area (Å²) in [5, 5.41) is 5.91. The van der Waals surface area contributed by atoms with Crippen LogP contribution >= 0.6 is 0 Å². The van der Waals surface area contributed by atoms with Crippen LogP contribution in [0.25, 0.3) is 0 Å². The molecule has 1 aromatic heterocycles. The van der Waals surface area contributed by atoms with E-state index in [-0.39, 0.29) is 30.3 Å². The average molecular weight is 376 g/mol. The SMILES string of the molecule is C[C@H](CC(=O)N[C@@H](c1ccccc1)c1nccn1C)NC(=O)c1ccccc1. The first kappa shape index (κ1) is 19.4. The van der Waals surface area contributed by atoms with Gasteiger partial charge in [-0.1, -0.05) is 48.5 Å². The molecule has 2 atom stereocenters. The van der Waals surface area contributed by atoms with Crippen LogP contribution < -0.4 is 10.6 Å². The van der Waals surface area contributed by atoms with Crippen LogP contribution in [0.4, 0.5) is 0 Å². The number of nitrogens with one attached hydrogen (secondary N) is 2. The Hall–Kier alpha value is -3.41. The Kier molecular flexibility index (Phi) is 6.22. The molecule has 0 spiro atoms. The summed E-state index contributed by atoms with van der Waals surface area (Å²) < 4.78 is 1.89. The molecule has 6 heteroatoms. The lowest BCUT2D eigenvalue weighted by Crippen LogP contribution is -2.39. The Morgan fingerprint density at radius 1 is 1.00 bits per heavy atom. The lowest BCUT2D eigenvalue weighted by Gasteiger charge is -2.21. The predicted octanol–water partition coefficient (Wildman–Crippen LogP) is 2.83. The Bertz CT molecular complexity index is 922. The van der Waals surface area contributed by atoms with Gasteiger partial charge in [0.05, 0.1) is 0 Å². The zero-order chi connectivity index (χ0) is 19.9. The highest BCUT2D eigenvalue weighted by molar-refractivity contribution is 5.94. The van der Waals surface area contributed by atoms with Crippen LogP contribution in [0.15, 0.2) is 73.1 Å². The second-order valence-electron chi connectivity index (χ2n) is 6.75. The monoisotopic (exact) mass is 376 g/mol. The zero-order valence-corrected chi connectivity index (χ0v) is 16.0. The summed E-state index contributed by atoms with van der Waals surface area (Å²) in [7, 11) is 1.90. The molecular weight excluding hydrogens is 352 g/mol. The minimum atomic E-state index is -0.356. The number of carbonyl (C=O) groups excluding carboxylic acids is 2. The molecule has 0 saturated carbocycles. The summed E-state index contributed by atoms with van der Waals surface area (Å²) in [6.45, 7) is 1.82. The quantitative estimate of drug-likeness (QED) is 0.666. The minimum Gasteiger partial charge on any atom is -0.349 e. The van der Waals surface area contributed by atoms with E-state index in [0.29, 0.717) is 5.56 Å². The first-order chi connectivity index (χ1) is 13.5. The van der Waals surface area contributed by atoms with Crippen molar-refractivity contribution in [1.82, 2.24) is 20.2 Å². The van der Waals surface area contributed by atoms with Crippen LogP contribution in [-0.2, 0) is 11.8 Å².